The summed E-state index contributed by atoms with van der Waals surface area (Å²) >= 11 is 0. The van der Waals surface area contributed by atoms with E-state index in [0.29, 0.717) is 26.2 Å². The lowest BCUT2D eigenvalue weighted by atomic mass is 9.80. The van der Waals surface area contributed by atoms with E-state index in [4.69, 9.17) is 18.6 Å². The average Bonchev–Trinajstić information content (AvgIpc) is 3.30. The van der Waals surface area contributed by atoms with Crippen molar-refractivity contribution in [1.29, 1.82) is 0 Å². The molecule has 0 aromatic heterocycles. The first-order valence-electron chi connectivity index (χ1n) is 21.4. The lowest BCUT2D eigenvalue weighted by Gasteiger charge is -2.42. The Bertz CT molecular complexity index is 2160. The van der Waals surface area contributed by atoms with Gasteiger partial charge in [-0.3, -0.25) is 0 Å². The van der Waals surface area contributed by atoms with E-state index in [1.807, 2.05) is 48.5 Å². The third kappa shape index (κ3) is 11.3. The minimum atomic E-state index is -2.62. The molecule has 0 N–H and O–H groups in total. The molecule has 0 aliphatic heterocycles. The van der Waals surface area contributed by atoms with Crippen molar-refractivity contribution in [3.63, 3.8) is 0 Å². The number of hydrogen-bond donors (Lipinski definition) is 0. The third-order valence-corrected chi connectivity index (χ3v) is 16.2. The van der Waals surface area contributed by atoms with E-state index < -0.39 is 13.9 Å². The smallest absolute Gasteiger partial charge is 0.261 e. The summed E-state index contributed by atoms with van der Waals surface area (Å²) in [4.78, 5) is 0. The second-order valence-corrected chi connectivity index (χ2v) is 20.7. The number of rotatable bonds is 19. The van der Waals surface area contributed by atoms with E-state index in [1.54, 1.807) is 7.11 Å². The van der Waals surface area contributed by atoms with E-state index in [9.17, 15) is 0 Å². The normalized spacial score (nSPS) is 13.1. The summed E-state index contributed by atoms with van der Waals surface area (Å²) in [6.07, 6.45) is 9.62. The zero-order chi connectivity index (χ0) is 42.8. The highest BCUT2D eigenvalue weighted by Gasteiger charge is 2.50. The highest BCUT2D eigenvalue weighted by atomic mass is 28.4. The van der Waals surface area contributed by atoms with Crippen LogP contribution < -0.4 is 15.1 Å². The number of benzene rings is 6. The van der Waals surface area contributed by atoms with Gasteiger partial charge in [0.25, 0.3) is 8.32 Å². The maximum absolute atomic E-state index is 7.10. The Hall–Kier alpha value is -5.74. The van der Waals surface area contributed by atoms with Gasteiger partial charge in [-0.15, -0.1) is 0 Å². The molecule has 61 heavy (non-hydrogen) atoms. The molecule has 0 aliphatic carbocycles. The molecular formula is C56H60O4Si. The molecule has 0 heterocycles. The quantitative estimate of drug-likeness (QED) is 0.0268. The van der Waals surface area contributed by atoms with Crippen LogP contribution in [-0.4, -0.2) is 34.7 Å². The van der Waals surface area contributed by atoms with Gasteiger partial charge in [0.15, 0.2) is 0 Å². The van der Waals surface area contributed by atoms with Crippen LogP contribution in [0.5, 0.6) is 5.75 Å². The summed E-state index contributed by atoms with van der Waals surface area (Å²) < 4.78 is 26.0. The summed E-state index contributed by atoms with van der Waals surface area (Å²) in [7, 11) is -0.945. The van der Waals surface area contributed by atoms with Gasteiger partial charge < -0.3 is 18.6 Å². The lowest BCUT2D eigenvalue weighted by Crippen LogP contribution is -2.66. The lowest BCUT2D eigenvalue weighted by molar-refractivity contribution is 0.0157. The molecular weight excluding hydrogens is 765 g/mol. The van der Waals surface area contributed by atoms with Crippen LogP contribution in [0.15, 0.2) is 200 Å². The summed E-state index contributed by atoms with van der Waals surface area (Å²) in [5.74, 6) is 7.71. The molecule has 0 fully saturated rings. The highest BCUT2D eigenvalue weighted by molar-refractivity contribution is 6.99. The van der Waals surface area contributed by atoms with Gasteiger partial charge in [-0.1, -0.05) is 222 Å². The van der Waals surface area contributed by atoms with E-state index in [-0.39, 0.29) is 17.1 Å². The number of allylic oxidation sites excluding steroid dienone is 2. The second kappa shape index (κ2) is 22.2. The van der Waals surface area contributed by atoms with Crippen molar-refractivity contribution < 1.29 is 18.6 Å². The molecule has 0 radical (unpaired) electrons. The molecule has 0 unspecified atom stereocenters. The van der Waals surface area contributed by atoms with Gasteiger partial charge in [0.05, 0.1) is 26.9 Å². The molecule has 0 amide bonds. The van der Waals surface area contributed by atoms with Crippen molar-refractivity contribution in [2.24, 2.45) is 5.92 Å². The molecule has 6 rings (SSSR count). The van der Waals surface area contributed by atoms with Gasteiger partial charge in [-0.05, 0) is 74.6 Å². The van der Waals surface area contributed by atoms with Crippen LogP contribution in [0.3, 0.4) is 0 Å². The maximum Gasteiger partial charge on any atom is 0.261 e. The zero-order valence-electron chi connectivity index (χ0n) is 36.4. The van der Waals surface area contributed by atoms with Crippen LogP contribution in [0.1, 0.15) is 62.8 Å². The van der Waals surface area contributed by atoms with Crippen LogP contribution in [0.2, 0.25) is 5.04 Å². The Kier molecular flexibility index (Phi) is 16.3. The molecule has 0 saturated carbocycles. The number of hydrogen-bond acceptors (Lipinski definition) is 4. The van der Waals surface area contributed by atoms with Crippen LogP contribution >= 0.6 is 0 Å². The first-order chi connectivity index (χ1) is 29.8. The van der Waals surface area contributed by atoms with Crippen molar-refractivity contribution in [3.8, 4) is 17.6 Å². The van der Waals surface area contributed by atoms with Gasteiger partial charge in [0.1, 0.15) is 17.5 Å². The Morgan fingerprint density at radius 2 is 1.10 bits per heavy atom. The van der Waals surface area contributed by atoms with Gasteiger partial charge in [-0.25, -0.2) is 0 Å². The Balaban J connectivity index is 1.15. The summed E-state index contributed by atoms with van der Waals surface area (Å²) in [5, 5.41) is 2.47. The van der Waals surface area contributed by atoms with Gasteiger partial charge in [-0.2, -0.15) is 0 Å². The molecule has 6 aromatic carbocycles. The second-order valence-electron chi connectivity index (χ2n) is 16.3. The van der Waals surface area contributed by atoms with E-state index in [1.165, 1.54) is 10.4 Å². The molecule has 0 saturated heterocycles. The molecule has 5 heteroatoms. The van der Waals surface area contributed by atoms with Crippen molar-refractivity contribution in [2.75, 3.05) is 20.3 Å². The molecule has 6 aromatic rings. The first-order valence-corrected chi connectivity index (χ1v) is 23.3. The van der Waals surface area contributed by atoms with Gasteiger partial charge in [0.2, 0.25) is 0 Å². The number of ether oxygens (including phenoxy) is 3. The summed E-state index contributed by atoms with van der Waals surface area (Å²) in [6.45, 7) is 10.6. The standard InChI is InChI=1S/C56H60O4Si/c1-46(27-24-26-44-60-61(55(2,3)4,52-34-19-11-20-35-52)53-36-21-12-22-37-53)54(58-45-47-39-41-51(57-5)42-40-47)38-23-6-7-25-43-59-56(48-28-13-8-14-29-48,49-30-15-9-16-31-49)50-32-17-10-18-33-50/h6-22,24,26,28-37,39-42,46,54H,25,27,43-45H2,1-5H3/b7-6+,26-24+/t46-,54-/m1/s1. The Labute approximate surface area is 366 Å². The molecule has 0 bridgehead atoms. The van der Waals surface area contributed by atoms with Gasteiger partial charge >= 0.3 is 0 Å². The van der Waals surface area contributed by atoms with Crippen molar-refractivity contribution >= 4 is 18.7 Å². The zero-order valence-corrected chi connectivity index (χ0v) is 37.4. The fourth-order valence-corrected chi connectivity index (χ4v) is 12.5. The third-order valence-electron chi connectivity index (χ3n) is 11.2. The summed E-state index contributed by atoms with van der Waals surface area (Å²) in [5.41, 5.74) is 3.58. The average molecular weight is 825 g/mol. The molecule has 312 valence electrons. The van der Waals surface area contributed by atoms with E-state index >= 15 is 0 Å². The molecule has 0 aliphatic rings. The van der Waals surface area contributed by atoms with Crippen LogP contribution in [-0.2, 0) is 26.1 Å². The van der Waals surface area contributed by atoms with E-state index in [2.05, 4.69) is 191 Å². The molecule has 0 spiro atoms. The predicted octanol–water partition coefficient (Wildman–Crippen LogP) is 11.7. The highest BCUT2D eigenvalue weighted by Crippen LogP contribution is 2.41. The SMILES string of the molecule is COc1ccc(CO[C@H](C#C/C=C/CCOC(c2ccccc2)(c2ccccc2)c2ccccc2)[C@H](C)C/C=C/CO[Si](c2ccccc2)(c2ccccc2)C(C)(C)C)cc1. The Morgan fingerprint density at radius 1 is 0.607 bits per heavy atom. The largest absolute Gasteiger partial charge is 0.497 e. The minimum Gasteiger partial charge on any atom is -0.497 e. The first kappa shape index (κ1) is 44.8. The predicted molar refractivity (Wildman–Crippen MR) is 255 cm³/mol. The topological polar surface area (TPSA) is 36.9 Å². The maximum atomic E-state index is 7.10. The van der Waals surface area contributed by atoms with Crippen molar-refractivity contribution in [1.82, 2.24) is 0 Å². The van der Waals surface area contributed by atoms with Gasteiger partial charge in [0, 0.05) is 0 Å². The molecule has 2 atom stereocenters. The fraction of sp³-hybridized carbons (Fsp3) is 0.250. The Morgan fingerprint density at radius 3 is 1.57 bits per heavy atom. The van der Waals surface area contributed by atoms with Crippen molar-refractivity contribution in [3.05, 3.63) is 222 Å². The van der Waals surface area contributed by atoms with Crippen LogP contribution in [0.25, 0.3) is 0 Å². The van der Waals surface area contributed by atoms with Crippen LogP contribution in [0.4, 0.5) is 0 Å². The van der Waals surface area contributed by atoms with Crippen LogP contribution in [0, 0.1) is 17.8 Å². The molecule has 4 nitrogen and oxygen atoms in total. The summed E-state index contributed by atoms with van der Waals surface area (Å²) in [6, 6.07) is 61.0. The van der Waals surface area contributed by atoms with E-state index in [0.717, 1.165) is 34.4 Å². The monoisotopic (exact) mass is 824 g/mol. The van der Waals surface area contributed by atoms with Crippen molar-refractivity contribution in [2.45, 2.75) is 63.9 Å². The number of methoxy groups -OCH3 is 1. The fourth-order valence-electron chi connectivity index (χ4n) is 8.01. The minimum absolute atomic E-state index is 0.0821.